The van der Waals surface area contributed by atoms with Gasteiger partial charge in [0.1, 0.15) is 0 Å². The van der Waals surface area contributed by atoms with Crippen molar-refractivity contribution >= 4 is 29.2 Å². The van der Waals surface area contributed by atoms with Crippen molar-refractivity contribution in [2.24, 2.45) is 0 Å². The van der Waals surface area contributed by atoms with Gasteiger partial charge in [0.2, 0.25) is 0 Å². The van der Waals surface area contributed by atoms with Crippen LogP contribution in [0.2, 0.25) is 5.02 Å². The summed E-state index contributed by atoms with van der Waals surface area (Å²) in [6.07, 6.45) is 5.97. The van der Waals surface area contributed by atoms with Crippen LogP contribution in [0.15, 0.2) is 30.6 Å². The van der Waals surface area contributed by atoms with Gasteiger partial charge in [0.25, 0.3) is 0 Å². The number of nitrogens with two attached hydrogens (primary N) is 1. The highest BCUT2D eigenvalue weighted by Gasteiger charge is 2.19. The Morgan fingerprint density at radius 2 is 2.20 bits per heavy atom. The molecule has 102 valence electrons. The summed E-state index contributed by atoms with van der Waals surface area (Å²) in [6, 6.07) is 5.61. The second kappa shape index (κ2) is 5.13. The molecule has 0 saturated carbocycles. The smallest absolute Gasteiger partial charge is 0.0494 e. The van der Waals surface area contributed by atoms with Gasteiger partial charge < -0.3 is 16.0 Å². The van der Waals surface area contributed by atoms with Crippen LogP contribution in [-0.4, -0.2) is 17.7 Å². The second-order valence-corrected chi connectivity index (χ2v) is 5.32. The summed E-state index contributed by atoms with van der Waals surface area (Å²) < 4.78 is 0. The second-order valence-electron chi connectivity index (χ2n) is 4.89. The molecular formula is C15H15ClN4. The summed E-state index contributed by atoms with van der Waals surface area (Å²) in [6.45, 7) is 1.66. The van der Waals surface area contributed by atoms with Gasteiger partial charge in [-0.3, -0.25) is 4.98 Å². The van der Waals surface area contributed by atoms with Crippen LogP contribution in [-0.2, 0) is 13.0 Å². The number of halogens is 1. The molecule has 0 saturated heterocycles. The topological polar surface area (TPSA) is 66.0 Å². The summed E-state index contributed by atoms with van der Waals surface area (Å²) in [4.78, 5) is 6.38. The van der Waals surface area contributed by atoms with E-state index in [1.807, 2.05) is 24.5 Å². The van der Waals surface area contributed by atoms with Crippen molar-refractivity contribution in [1.29, 1.82) is 5.41 Å². The van der Waals surface area contributed by atoms with Crippen molar-refractivity contribution in [3.05, 3.63) is 52.3 Å². The van der Waals surface area contributed by atoms with Crippen LogP contribution in [0.4, 0.5) is 11.4 Å². The average Bonchev–Trinajstić information content (AvgIpc) is 2.46. The Bertz CT molecular complexity index is 669. The van der Waals surface area contributed by atoms with Crippen molar-refractivity contribution in [2.45, 2.75) is 13.0 Å². The average molecular weight is 287 g/mol. The molecule has 0 amide bonds. The molecule has 1 aromatic carbocycles. The lowest BCUT2D eigenvalue weighted by Crippen LogP contribution is -2.31. The van der Waals surface area contributed by atoms with Crippen molar-refractivity contribution in [3.8, 4) is 0 Å². The lowest BCUT2D eigenvalue weighted by molar-refractivity contribution is 0.727. The maximum atomic E-state index is 7.57. The summed E-state index contributed by atoms with van der Waals surface area (Å²) in [5.41, 5.74) is 10.7. The Morgan fingerprint density at radius 3 is 3.00 bits per heavy atom. The fourth-order valence-corrected chi connectivity index (χ4v) is 2.85. The molecule has 0 unspecified atom stereocenters. The minimum Gasteiger partial charge on any atom is -0.398 e. The van der Waals surface area contributed by atoms with Crippen LogP contribution >= 0.6 is 11.6 Å². The van der Waals surface area contributed by atoms with Gasteiger partial charge >= 0.3 is 0 Å². The molecular weight excluding hydrogens is 272 g/mol. The molecule has 2 aromatic rings. The fourth-order valence-electron chi connectivity index (χ4n) is 2.62. The Morgan fingerprint density at radius 1 is 1.35 bits per heavy atom. The van der Waals surface area contributed by atoms with Crippen LogP contribution in [0.5, 0.6) is 0 Å². The molecule has 1 aliphatic rings. The Kier molecular flexibility index (Phi) is 3.32. The van der Waals surface area contributed by atoms with E-state index in [0.29, 0.717) is 10.7 Å². The molecule has 1 aliphatic heterocycles. The molecule has 0 radical (unpaired) electrons. The van der Waals surface area contributed by atoms with Gasteiger partial charge in [-0.1, -0.05) is 11.6 Å². The zero-order valence-electron chi connectivity index (χ0n) is 10.9. The van der Waals surface area contributed by atoms with Crippen molar-refractivity contribution in [1.82, 2.24) is 4.98 Å². The van der Waals surface area contributed by atoms with Crippen LogP contribution in [0.3, 0.4) is 0 Å². The van der Waals surface area contributed by atoms with Crippen LogP contribution in [0.25, 0.3) is 0 Å². The number of pyridine rings is 1. The molecule has 5 heteroatoms. The largest absolute Gasteiger partial charge is 0.398 e. The van der Waals surface area contributed by atoms with E-state index in [4.69, 9.17) is 22.7 Å². The summed E-state index contributed by atoms with van der Waals surface area (Å²) in [7, 11) is 0. The molecule has 3 rings (SSSR count). The van der Waals surface area contributed by atoms with Crippen LogP contribution in [0.1, 0.15) is 16.7 Å². The number of nitrogen functional groups attached to an aromatic ring is 1. The third-order valence-corrected chi connectivity index (χ3v) is 3.88. The summed E-state index contributed by atoms with van der Waals surface area (Å²) in [5, 5.41) is 8.18. The minimum absolute atomic E-state index is 0.544. The fraction of sp³-hybridized carbons (Fsp3) is 0.200. The zero-order valence-corrected chi connectivity index (χ0v) is 11.7. The number of anilines is 2. The normalized spacial score (nSPS) is 13.9. The van der Waals surface area contributed by atoms with Crippen molar-refractivity contribution in [3.63, 3.8) is 0 Å². The first-order valence-corrected chi connectivity index (χ1v) is 6.83. The summed E-state index contributed by atoms with van der Waals surface area (Å²) in [5.74, 6) is 0. The number of hydrogen-bond acceptors (Lipinski definition) is 4. The highest BCUT2D eigenvalue weighted by molar-refractivity contribution is 6.31. The molecule has 0 aliphatic carbocycles. The Balaban J connectivity index is 2.01. The van der Waals surface area contributed by atoms with Gasteiger partial charge in [-0.05, 0) is 35.7 Å². The minimum atomic E-state index is 0.544. The van der Waals surface area contributed by atoms with E-state index >= 15 is 0 Å². The summed E-state index contributed by atoms with van der Waals surface area (Å²) >= 11 is 6.11. The van der Waals surface area contributed by atoms with E-state index in [1.165, 1.54) is 17.3 Å². The van der Waals surface area contributed by atoms with E-state index in [-0.39, 0.29) is 0 Å². The first-order chi connectivity index (χ1) is 9.69. The van der Waals surface area contributed by atoms with Crippen LogP contribution in [0, 0.1) is 5.41 Å². The number of aromatic nitrogens is 1. The quantitative estimate of drug-likeness (QED) is 0.659. The third kappa shape index (κ3) is 2.23. The van der Waals surface area contributed by atoms with E-state index in [1.54, 1.807) is 6.07 Å². The lowest BCUT2D eigenvalue weighted by atomic mass is 10.0. The number of rotatable bonds is 2. The number of nitrogens with one attached hydrogen (secondary N) is 1. The molecule has 4 nitrogen and oxygen atoms in total. The molecule has 2 heterocycles. The predicted octanol–water partition coefficient (Wildman–Crippen LogP) is 2.88. The van der Waals surface area contributed by atoms with E-state index in [0.717, 1.165) is 30.8 Å². The van der Waals surface area contributed by atoms with E-state index in [9.17, 15) is 0 Å². The van der Waals surface area contributed by atoms with E-state index in [2.05, 4.69) is 9.88 Å². The maximum absolute atomic E-state index is 7.57. The number of nitrogens with zero attached hydrogens (tertiary/aromatic N) is 2. The number of fused-ring (bicyclic) bond motifs is 1. The van der Waals surface area contributed by atoms with Gasteiger partial charge in [0.05, 0.1) is 0 Å². The maximum Gasteiger partial charge on any atom is 0.0494 e. The molecule has 20 heavy (non-hydrogen) atoms. The molecule has 1 aromatic heterocycles. The molecule has 0 fully saturated rings. The first kappa shape index (κ1) is 12.9. The van der Waals surface area contributed by atoms with Gasteiger partial charge in [-0.2, -0.15) is 0 Å². The zero-order chi connectivity index (χ0) is 14.1. The number of hydrogen-bond donors (Lipinski definition) is 2. The van der Waals surface area contributed by atoms with Gasteiger partial charge in [-0.15, -0.1) is 0 Å². The van der Waals surface area contributed by atoms with Crippen molar-refractivity contribution < 1.29 is 0 Å². The Hall–Kier alpha value is -2.07. The van der Waals surface area contributed by atoms with Gasteiger partial charge in [-0.25, -0.2) is 0 Å². The molecule has 3 N–H and O–H groups in total. The predicted molar refractivity (Wildman–Crippen MR) is 82.7 cm³/mol. The third-order valence-electron chi connectivity index (χ3n) is 3.66. The number of benzene rings is 1. The standard InChI is InChI=1S/C15H15ClN4/c16-12-5-14(18)13(7-17)15(6-12)20-4-2-10-8-19-3-1-11(10)9-20/h1,3,5-8,17H,2,4,9,18H2. The monoisotopic (exact) mass is 286 g/mol. The highest BCUT2D eigenvalue weighted by Crippen LogP contribution is 2.32. The molecule has 0 spiro atoms. The lowest BCUT2D eigenvalue weighted by Gasteiger charge is -2.32. The highest BCUT2D eigenvalue weighted by atomic mass is 35.5. The van der Waals surface area contributed by atoms with Gasteiger partial charge in [0.15, 0.2) is 0 Å². The SMILES string of the molecule is N=Cc1c(N)cc(Cl)cc1N1CCc2cnccc2C1. The van der Waals surface area contributed by atoms with Gasteiger partial charge in [0, 0.05) is 53.7 Å². The molecule has 0 atom stereocenters. The molecule has 0 bridgehead atoms. The van der Waals surface area contributed by atoms with Crippen molar-refractivity contribution in [2.75, 3.05) is 17.2 Å². The first-order valence-electron chi connectivity index (χ1n) is 6.45. The van der Waals surface area contributed by atoms with Crippen LogP contribution < -0.4 is 10.6 Å². The van der Waals surface area contributed by atoms with E-state index < -0.39 is 0 Å². The Labute approximate surface area is 122 Å².